The lowest BCUT2D eigenvalue weighted by Crippen LogP contribution is -2.50. The van der Waals surface area contributed by atoms with Gasteiger partial charge >= 0.3 is 0 Å². The summed E-state index contributed by atoms with van der Waals surface area (Å²) in [4.78, 5) is 12.0. The first-order valence-electron chi connectivity index (χ1n) is 6.52. The second-order valence-electron chi connectivity index (χ2n) is 4.97. The molecule has 6 nitrogen and oxygen atoms in total. The van der Waals surface area contributed by atoms with Crippen LogP contribution in [0.4, 0.5) is 5.95 Å². The number of nitrogens with one attached hydrogen (secondary N) is 1. The Morgan fingerprint density at radius 2 is 2.37 bits per heavy atom. The predicted octanol–water partition coefficient (Wildman–Crippen LogP) is 1.55. The van der Waals surface area contributed by atoms with Crippen molar-refractivity contribution in [3.05, 3.63) is 11.2 Å². The molecule has 0 aromatic carbocycles. The molecule has 1 fully saturated rings. The molecule has 0 amide bonds. The number of aromatic nitrogens is 4. The normalized spacial score (nSPS) is 23.8. The number of aromatic amines is 1. The van der Waals surface area contributed by atoms with E-state index < -0.39 is 0 Å². The highest BCUT2D eigenvalue weighted by Crippen LogP contribution is 2.26. The molecule has 19 heavy (non-hydrogen) atoms. The van der Waals surface area contributed by atoms with Gasteiger partial charge in [0.2, 0.25) is 5.95 Å². The van der Waals surface area contributed by atoms with E-state index in [1.54, 1.807) is 11.3 Å². The number of nitrogens with zero attached hydrogens (tertiary/aromatic N) is 4. The molecule has 3 heterocycles. The quantitative estimate of drug-likeness (QED) is 0.871. The number of anilines is 1. The zero-order valence-corrected chi connectivity index (χ0v) is 11.9. The van der Waals surface area contributed by atoms with Crippen molar-refractivity contribution < 1.29 is 0 Å². The first-order valence-corrected chi connectivity index (χ1v) is 7.34. The van der Waals surface area contributed by atoms with Gasteiger partial charge in [0.05, 0.1) is 9.88 Å². The number of nitrogens with two attached hydrogens (primary N) is 1. The number of thiazole rings is 1. The second kappa shape index (κ2) is 4.90. The summed E-state index contributed by atoms with van der Waals surface area (Å²) in [5, 5.41) is 8.35. The van der Waals surface area contributed by atoms with E-state index in [2.05, 4.69) is 32.0 Å². The Balaban J connectivity index is 1.84. The highest BCUT2D eigenvalue weighted by Gasteiger charge is 2.27. The first kappa shape index (κ1) is 12.6. The van der Waals surface area contributed by atoms with Crippen LogP contribution in [0, 0.1) is 6.92 Å². The Kier molecular flexibility index (Phi) is 3.24. The van der Waals surface area contributed by atoms with Crippen molar-refractivity contribution in [3.8, 4) is 10.7 Å². The summed E-state index contributed by atoms with van der Waals surface area (Å²) >= 11 is 1.61. The van der Waals surface area contributed by atoms with E-state index in [9.17, 15) is 0 Å². The van der Waals surface area contributed by atoms with Crippen LogP contribution < -0.4 is 10.6 Å². The summed E-state index contributed by atoms with van der Waals surface area (Å²) in [6.07, 6.45) is 3.99. The van der Waals surface area contributed by atoms with Crippen LogP contribution in [0.2, 0.25) is 0 Å². The summed E-state index contributed by atoms with van der Waals surface area (Å²) in [6.45, 7) is 5.09. The van der Waals surface area contributed by atoms with Crippen LogP contribution >= 0.6 is 11.3 Å². The van der Waals surface area contributed by atoms with Gasteiger partial charge in [-0.25, -0.2) is 4.98 Å². The molecule has 0 spiro atoms. The summed E-state index contributed by atoms with van der Waals surface area (Å²) in [6, 6.07) is 0.474. The van der Waals surface area contributed by atoms with E-state index in [-0.39, 0.29) is 12.1 Å². The molecule has 0 saturated carbocycles. The maximum atomic E-state index is 6.11. The van der Waals surface area contributed by atoms with Crippen molar-refractivity contribution in [1.82, 2.24) is 20.2 Å². The van der Waals surface area contributed by atoms with Crippen LogP contribution in [0.5, 0.6) is 0 Å². The summed E-state index contributed by atoms with van der Waals surface area (Å²) in [5.74, 6) is 1.52. The lowest BCUT2D eigenvalue weighted by molar-refractivity contribution is 0.416. The summed E-state index contributed by atoms with van der Waals surface area (Å²) in [5.41, 5.74) is 6.11. The molecule has 0 bridgehead atoms. The zero-order valence-electron chi connectivity index (χ0n) is 11.1. The molecule has 2 aromatic rings. The Morgan fingerprint density at radius 3 is 3.11 bits per heavy atom. The Hall–Kier alpha value is -1.47. The van der Waals surface area contributed by atoms with Crippen LogP contribution in [0.25, 0.3) is 10.7 Å². The van der Waals surface area contributed by atoms with Crippen molar-refractivity contribution >= 4 is 17.3 Å². The molecule has 2 unspecified atom stereocenters. The SMILES string of the molecule is Cc1ncc(-c2nc(N3CCCC(N)C3C)n[nH]2)s1. The Morgan fingerprint density at radius 1 is 1.53 bits per heavy atom. The minimum Gasteiger partial charge on any atom is -0.335 e. The third-order valence-electron chi connectivity index (χ3n) is 3.63. The number of aryl methyl sites for hydroxylation is 1. The van der Waals surface area contributed by atoms with Crippen molar-refractivity contribution in [2.75, 3.05) is 11.4 Å². The molecule has 3 N–H and O–H groups in total. The zero-order chi connectivity index (χ0) is 13.4. The molecular weight excluding hydrogens is 260 g/mol. The highest BCUT2D eigenvalue weighted by atomic mass is 32.1. The van der Waals surface area contributed by atoms with Gasteiger partial charge in [-0.05, 0) is 26.7 Å². The average molecular weight is 278 g/mol. The molecular formula is C12H18N6S. The lowest BCUT2D eigenvalue weighted by Gasteiger charge is -2.36. The summed E-state index contributed by atoms with van der Waals surface area (Å²) in [7, 11) is 0. The molecule has 1 saturated heterocycles. The molecule has 1 aliphatic rings. The van der Waals surface area contributed by atoms with Crippen molar-refractivity contribution in [3.63, 3.8) is 0 Å². The number of rotatable bonds is 2. The minimum absolute atomic E-state index is 0.196. The molecule has 102 valence electrons. The third kappa shape index (κ3) is 2.35. The third-order valence-corrected chi connectivity index (χ3v) is 4.55. The molecule has 2 atom stereocenters. The van der Waals surface area contributed by atoms with Crippen LogP contribution in [-0.4, -0.2) is 38.8 Å². The van der Waals surface area contributed by atoms with Gasteiger partial charge in [-0.2, -0.15) is 4.98 Å². The van der Waals surface area contributed by atoms with Crippen LogP contribution in [-0.2, 0) is 0 Å². The predicted molar refractivity (Wildman–Crippen MR) is 76.2 cm³/mol. The number of hydrogen-bond donors (Lipinski definition) is 2. The minimum atomic E-state index is 0.196. The fraction of sp³-hybridized carbons (Fsp3) is 0.583. The molecule has 0 radical (unpaired) electrons. The van der Waals surface area contributed by atoms with E-state index in [1.807, 2.05) is 13.1 Å². The molecule has 0 aliphatic carbocycles. The molecule has 2 aromatic heterocycles. The molecule has 7 heteroatoms. The first-order chi connectivity index (χ1) is 9.15. The van der Waals surface area contributed by atoms with Crippen molar-refractivity contribution in [1.29, 1.82) is 0 Å². The van der Waals surface area contributed by atoms with Gasteiger partial charge in [0.15, 0.2) is 5.82 Å². The number of hydrogen-bond acceptors (Lipinski definition) is 6. The fourth-order valence-corrected chi connectivity index (χ4v) is 3.13. The molecule has 3 rings (SSSR count). The van der Waals surface area contributed by atoms with Crippen LogP contribution in [0.1, 0.15) is 24.8 Å². The largest absolute Gasteiger partial charge is 0.335 e. The fourth-order valence-electron chi connectivity index (χ4n) is 2.42. The smallest absolute Gasteiger partial charge is 0.245 e. The standard InChI is InChI=1S/C12H18N6S/c1-7-9(13)4-3-5-18(7)12-15-11(16-17-12)10-6-14-8(2)19-10/h6-7,9H,3-5,13H2,1-2H3,(H,15,16,17). The van der Waals surface area contributed by atoms with Gasteiger partial charge in [0, 0.05) is 24.8 Å². The van der Waals surface area contributed by atoms with Crippen LogP contribution in [0.15, 0.2) is 6.20 Å². The highest BCUT2D eigenvalue weighted by molar-refractivity contribution is 7.14. The van der Waals surface area contributed by atoms with Gasteiger partial charge in [-0.15, -0.1) is 16.4 Å². The van der Waals surface area contributed by atoms with Gasteiger partial charge in [0.25, 0.3) is 0 Å². The van der Waals surface area contributed by atoms with E-state index in [1.165, 1.54) is 0 Å². The second-order valence-corrected chi connectivity index (χ2v) is 6.20. The van der Waals surface area contributed by atoms with E-state index >= 15 is 0 Å². The van der Waals surface area contributed by atoms with Gasteiger partial charge in [0.1, 0.15) is 0 Å². The Labute approximate surface area is 116 Å². The average Bonchev–Trinajstić information content (AvgIpc) is 3.01. The molecule has 1 aliphatic heterocycles. The van der Waals surface area contributed by atoms with E-state index in [0.717, 1.165) is 41.0 Å². The Bertz CT molecular complexity index is 562. The maximum Gasteiger partial charge on any atom is 0.245 e. The number of piperidine rings is 1. The van der Waals surface area contributed by atoms with E-state index in [0.29, 0.717) is 0 Å². The lowest BCUT2D eigenvalue weighted by atomic mass is 9.99. The maximum absolute atomic E-state index is 6.11. The summed E-state index contributed by atoms with van der Waals surface area (Å²) < 4.78 is 0. The van der Waals surface area contributed by atoms with Gasteiger partial charge in [-0.1, -0.05) is 0 Å². The number of H-pyrrole nitrogens is 1. The monoisotopic (exact) mass is 278 g/mol. The van der Waals surface area contributed by atoms with Gasteiger partial charge < -0.3 is 10.6 Å². The van der Waals surface area contributed by atoms with Gasteiger partial charge in [-0.3, -0.25) is 5.10 Å². The van der Waals surface area contributed by atoms with Crippen molar-refractivity contribution in [2.24, 2.45) is 5.73 Å². The topological polar surface area (TPSA) is 83.7 Å². The van der Waals surface area contributed by atoms with Crippen LogP contribution in [0.3, 0.4) is 0 Å². The van der Waals surface area contributed by atoms with Crippen molar-refractivity contribution in [2.45, 2.75) is 38.8 Å². The van der Waals surface area contributed by atoms with E-state index in [4.69, 9.17) is 5.73 Å².